The van der Waals surface area contributed by atoms with E-state index >= 15 is 0 Å². The van der Waals surface area contributed by atoms with Crippen molar-refractivity contribution in [2.45, 2.75) is 26.3 Å². The maximum absolute atomic E-state index is 4.47. The minimum atomic E-state index is 0.811. The van der Waals surface area contributed by atoms with Gasteiger partial charge in [0.1, 0.15) is 16.2 Å². The van der Waals surface area contributed by atoms with Gasteiger partial charge in [0.05, 0.1) is 6.33 Å². The molecule has 0 unspecified atom stereocenters. The zero-order chi connectivity index (χ0) is 12.8. The Balaban J connectivity index is 1.92. The van der Waals surface area contributed by atoms with Gasteiger partial charge in [0.25, 0.3) is 0 Å². The molecule has 2 aromatic rings. The van der Waals surface area contributed by atoms with Crippen LogP contribution in [-0.4, -0.2) is 26.1 Å². The summed E-state index contributed by atoms with van der Waals surface area (Å²) in [6.45, 7) is 3.80. The largest absolute Gasteiger partial charge is 0.368 e. The number of rotatable bonds is 6. The summed E-state index contributed by atoms with van der Waals surface area (Å²) in [7, 11) is 0. The predicted molar refractivity (Wildman–Crippen MR) is 74.4 cm³/mol. The van der Waals surface area contributed by atoms with Crippen molar-refractivity contribution in [3.8, 4) is 0 Å². The van der Waals surface area contributed by atoms with E-state index in [4.69, 9.17) is 0 Å². The monoisotopic (exact) mass is 309 g/mol. The lowest BCUT2D eigenvalue weighted by atomic mass is 10.3. The summed E-state index contributed by atoms with van der Waals surface area (Å²) in [6, 6.07) is 1.90. The molecule has 0 amide bonds. The van der Waals surface area contributed by atoms with E-state index < -0.39 is 0 Å². The fourth-order valence-corrected chi connectivity index (χ4v) is 2.04. The Morgan fingerprint density at radius 3 is 3.00 bits per heavy atom. The van der Waals surface area contributed by atoms with Crippen LogP contribution in [0.15, 0.2) is 29.4 Å². The van der Waals surface area contributed by atoms with Crippen molar-refractivity contribution < 1.29 is 0 Å². The average molecular weight is 310 g/mol. The van der Waals surface area contributed by atoms with Crippen molar-refractivity contribution in [2.24, 2.45) is 0 Å². The molecule has 0 saturated heterocycles. The van der Waals surface area contributed by atoms with Gasteiger partial charge in [-0.3, -0.25) is 0 Å². The van der Waals surface area contributed by atoms with E-state index in [1.54, 1.807) is 12.5 Å². The molecule has 0 spiro atoms. The van der Waals surface area contributed by atoms with E-state index in [0.717, 1.165) is 42.2 Å². The molecule has 0 atom stereocenters. The standard InChI is InChI=1S/C12H16BrN5/c1-2-3-11-16-10(13)8-12(17-11)15-5-7-18-6-4-14-9-18/h4,6,8-9H,2-3,5,7H2,1H3,(H,15,16,17). The number of anilines is 1. The number of imidazole rings is 1. The smallest absolute Gasteiger partial charge is 0.132 e. The Labute approximate surface area is 115 Å². The Hall–Kier alpha value is -1.43. The maximum atomic E-state index is 4.47. The summed E-state index contributed by atoms with van der Waals surface area (Å²) < 4.78 is 2.85. The van der Waals surface area contributed by atoms with Crippen LogP contribution in [-0.2, 0) is 13.0 Å². The van der Waals surface area contributed by atoms with Gasteiger partial charge in [-0.25, -0.2) is 15.0 Å². The SMILES string of the molecule is CCCc1nc(Br)cc(NCCn2ccnc2)n1. The van der Waals surface area contributed by atoms with Crippen molar-refractivity contribution in [3.05, 3.63) is 35.2 Å². The highest BCUT2D eigenvalue weighted by Gasteiger charge is 2.02. The van der Waals surface area contributed by atoms with Gasteiger partial charge in [-0.15, -0.1) is 0 Å². The van der Waals surface area contributed by atoms with Crippen LogP contribution in [0.4, 0.5) is 5.82 Å². The highest BCUT2D eigenvalue weighted by Crippen LogP contribution is 2.13. The first-order valence-electron chi connectivity index (χ1n) is 6.01. The second-order valence-electron chi connectivity index (χ2n) is 3.97. The van der Waals surface area contributed by atoms with Crippen molar-refractivity contribution in [2.75, 3.05) is 11.9 Å². The molecule has 96 valence electrons. The maximum Gasteiger partial charge on any atom is 0.132 e. The molecule has 5 nitrogen and oxygen atoms in total. The van der Waals surface area contributed by atoms with Gasteiger partial charge in [0.2, 0.25) is 0 Å². The third-order valence-electron chi connectivity index (χ3n) is 2.45. The molecule has 0 bridgehead atoms. The highest BCUT2D eigenvalue weighted by atomic mass is 79.9. The van der Waals surface area contributed by atoms with Gasteiger partial charge in [0.15, 0.2) is 0 Å². The van der Waals surface area contributed by atoms with Crippen LogP contribution in [0, 0.1) is 0 Å². The van der Waals surface area contributed by atoms with E-state index in [2.05, 4.69) is 43.1 Å². The molecule has 2 aromatic heterocycles. The summed E-state index contributed by atoms with van der Waals surface area (Å²) in [5.74, 6) is 1.73. The van der Waals surface area contributed by atoms with Crippen molar-refractivity contribution in [1.82, 2.24) is 19.5 Å². The van der Waals surface area contributed by atoms with Crippen molar-refractivity contribution in [3.63, 3.8) is 0 Å². The zero-order valence-electron chi connectivity index (χ0n) is 10.3. The summed E-state index contributed by atoms with van der Waals surface area (Å²) >= 11 is 3.41. The number of aryl methyl sites for hydroxylation is 1. The molecule has 2 rings (SSSR count). The van der Waals surface area contributed by atoms with Gasteiger partial charge in [0, 0.05) is 38.0 Å². The van der Waals surface area contributed by atoms with Crippen LogP contribution in [0.1, 0.15) is 19.2 Å². The Bertz CT molecular complexity index is 483. The van der Waals surface area contributed by atoms with Crippen molar-refractivity contribution in [1.29, 1.82) is 0 Å². The molecule has 0 fully saturated rings. The highest BCUT2D eigenvalue weighted by molar-refractivity contribution is 9.10. The van der Waals surface area contributed by atoms with E-state index in [1.807, 2.05) is 16.8 Å². The van der Waals surface area contributed by atoms with Gasteiger partial charge < -0.3 is 9.88 Å². The first kappa shape index (κ1) is 13.0. The molecule has 0 saturated carbocycles. The average Bonchev–Trinajstić information content (AvgIpc) is 2.82. The third-order valence-corrected chi connectivity index (χ3v) is 2.86. The number of hydrogen-bond donors (Lipinski definition) is 1. The number of nitrogens with zero attached hydrogens (tertiary/aromatic N) is 4. The van der Waals surface area contributed by atoms with E-state index in [1.165, 1.54) is 0 Å². The van der Waals surface area contributed by atoms with E-state index in [9.17, 15) is 0 Å². The Morgan fingerprint density at radius 1 is 1.39 bits per heavy atom. The van der Waals surface area contributed by atoms with Crippen LogP contribution in [0.5, 0.6) is 0 Å². The second-order valence-corrected chi connectivity index (χ2v) is 4.78. The molecular formula is C12H16BrN5. The molecule has 0 aliphatic rings. The number of nitrogens with one attached hydrogen (secondary N) is 1. The van der Waals surface area contributed by atoms with E-state index in [-0.39, 0.29) is 0 Å². The lowest BCUT2D eigenvalue weighted by molar-refractivity contribution is 0.723. The lowest BCUT2D eigenvalue weighted by Crippen LogP contribution is -2.11. The Kier molecular flexibility index (Phi) is 4.69. The second kappa shape index (κ2) is 6.49. The van der Waals surface area contributed by atoms with Crippen LogP contribution >= 0.6 is 15.9 Å². The van der Waals surface area contributed by atoms with Gasteiger partial charge in [-0.1, -0.05) is 6.92 Å². The molecule has 0 aromatic carbocycles. The minimum absolute atomic E-state index is 0.811. The predicted octanol–water partition coefficient (Wildman–Crippen LogP) is 2.50. The molecule has 0 aliphatic heterocycles. The van der Waals surface area contributed by atoms with Gasteiger partial charge in [-0.05, 0) is 22.4 Å². The molecule has 0 radical (unpaired) electrons. The van der Waals surface area contributed by atoms with Gasteiger partial charge in [-0.2, -0.15) is 0 Å². The molecular weight excluding hydrogens is 294 g/mol. The summed E-state index contributed by atoms with van der Waals surface area (Å²) in [4.78, 5) is 12.8. The molecule has 1 N–H and O–H groups in total. The molecule has 2 heterocycles. The summed E-state index contributed by atoms with van der Waals surface area (Å²) in [5, 5.41) is 3.29. The van der Waals surface area contributed by atoms with Crippen molar-refractivity contribution >= 4 is 21.7 Å². The van der Waals surface area contributed by atoms with Gasteiger partial charge >= 0.3 is 0 Å². The van der Waals surface area contributed by atoms with Crippen LogP contribution in [0.25, 0.3) is 0 Å². The number of halogens is 1. The Morgan fingerprint density at radius 2 is 2.28 bits per heavy atom. The first-order chi connectivity index (χ1) is 8.78. The lowest BCUT2D eigenvalue weighted by Gasteiger charge is -2.08. The molecule has 18 heavy (non-hydrogen) atoms. The summed E-state index contributed by atoms with van der Waals surface area (Å²) in [5.41, 5.74) is 0. The fraction of sp³-hybridized carbons (Fsp3) is 0.417. The number of aromatic nitrogens is 4. The topological polar surface area (TPSA) is 55.6 Å². The number of hydrogen-bond acceptors (Lipinski definition) is 4. The third kappa shape index (κ3) is 3.80. The fourth-order valence-electron chi connectivity index (χ4n) is 1.62. The van der Waals surface area contributed by atoms with Crippen LogP contribution in [0.2, 0.25) is 0 Å². The van der Waals surface area contributed by atoms with Crippen LogP contribution in [0.3, 0.4) is 0 Å². The normalized spacial score (nSPS) is 10.6. The van der Waals surface area contributed by atoms with E-state index in [0.29, 0.717) is 0 Å². The first-order valence-corrected chi connectivity index (χ1v) is 6.80. The minimum Gasteiger partial charge on any atom is -0.368 e. The quantitative estimate of drug-likeness (QED) is 0.833. The molecule has 6 heteroatoms. The zero-order valence-corrected chi connectivity index (χ0v) is 11.9. The molecule has 0 aliphatic carbocycles. The van der Waals surface area contributed by atoms with Crippen LogP contribution < -0.4 is 5.32 Å². The summed E-state index contributed by atoms with van der Waals surface area (Å²) in [6.07, 6.45) is 7.47.